The number of aromatic nitrogens is 5. The number of aliphatic hydroxyl groups is 1. The van der Waals surface area contributed by atoms with Crippen LogP contribution < -0.4 is 0 Å². The summed E-state index contributed by atoms with van der Waals surface area (Å²) in [5, 5.41) is 18.4. The van der Waals surface area contributed by atoms with Crippen molar-refractivity contribution in [3.8, 4) is 22.4 Å². The lowest BCUT2D eigenvalue weighted by molar-refractivity contribution is -0.269. The van der Waals surface area contributed by atoms with E-state index < -0.39 is 23.9 Å². The summed E-state index contributed by atoms with van der Waals surface area (Å²) >= 11 is 0. The zero-order valence-corrected chi connectivity index (χ0v) is 19.6. The Morgan fingerprint density at radius 3 is 2.43 bits per heavy atom. The number of pyridine rings is 2. The van der Waals surface area contributed by atoms with E-state index in [9.17, 15) is 22.7 Å². The van der Waals surface area contributed by atoms with Gasteiger partial charge >= 0.3 is 6.18 Å². The van der Waals surface area contributed by atoms with Gasteiger partial charge in [0, 0.05) is 23.3 Å². The molecule has 0 saturated carbocycles. The summed E-state index contributed by atoms with van der Waals surface area (Å²) in [7, 11) is 0. The molecule has 3 aromatic heterocycles. The molecule has 0 aliphatic heterocycles. The van der Waals surface area contributed by atoms with Crippen LogP contribution >= 0.6 is 0 Å². The van der Waals surface area contributed by atoms with Gasteiger partial charge < -0.3 is 5.11 Å². The SMILES string of the molecule is CC[C@](O)(c1cn(Cc2ccc3c(-c4ccc(F)cc4)cc(-c4cccnc4)nc3c2)nn1)C(F)(F)F. The monoisotopic (exact) mass is 507 g/mol. The summed E-state index contributed by atoms with van der Waals surface area (Å²) in [5.41, 5.74) is 0.840. The molecule has 2 aromatic carbocycles. The van der Waals surface area contributed by atoms with Crippen LogP contribution in [0.25, 0.3) is 33.3 Å². The highest BCUT2D eigenvalue weighted by atomic mass is 19.4. The summed E-state index contributed by atoms with van der Waals surface area (Å²) in [4.78, 5) is 8.96. The molecule has 0 saturated heterocycles. The van der Waals surface area contributed by atoms with E-state index >= 15 is 0 Å². The maximum atomic E-state index is 13.6. The van der Waals surface area contributed by atoms with Crippen LogP contribution in [0.15, 0.2) is 79.3 Å². The van der Waals surface area contributed by atoms with Gasteiger partial charge in [-0.2, -0.15) is 13.2 Å². The van der Waals surface area contributed by atoms with Crippen LogP contribution in [0.2, 0.25) is 0 Å². The minimum absolute atomic E-state index is 0.116. The first-order chi connectivity index (χ1) is 17.7. The predicted molar refractivity (Wildman–Crippen MR) is 130 cm³/mol. The number of hydrogen-bond donors (Lipinski definition) is 1. The first-order valence-corrected chi connectivity index (χ1v) is 11.5. The molecule has 0 aliphatic rings. The van der Waals surface area contributed by atoms with Crippen LogP contribution in [0.5, 0.6) is 0 Å². The summed E-state index contributed by atoms with van der Waals surface area (Å²) in [6.45, 7) is 1.35. The van der Waals surface area contributed by atoms with E-state index in [0.29, 0.717) is 11.2 Å². The zero-order valence-electron chi connectivity index (χ0n) is 19.6. The summed E-state index contributed by atoms with van der Waals surface area (Å²) in [5.74, 6) is -0.343. The van der Waals surface area contributed by atoms with Gasteiger partial charge in [0.05, 0.1) is 24.0 Å². The van der Waals surface area contributed by atoms with E-state index in [1.165, 1.54) is 23.7 Å². The molecule has 0 spiro atoms. The number of fused-ring (bicyclic) bond motifs is 1. The highest BCUT2D eigenvalue weighted by molar-refractivity contribution is 5.97. The predicted octanol–water partition coefficient (Wildman–Crippen LogP) is 5.90. The first-order valence-electron chi connectivity index (χ1n) is 11.5. The number of hydrogen-bond acceptors (Lipinski definition) is 5. The normalized spacial score (nSPS) is 13.6. The lowest BCUT2D eigenvalue weighted by Gasteiger charge is -2.26. The molecule has 6 nitrogen and oxygen atoms in total. The van der Waals surface area contributed by atoms with Crippen LogP contribution in [-0.2, 0) is 12.1 Å². The molecule has 5 aromatic rings. The zero-order chi connectivity index (χ0) is 26.2. The van der Waals surface area contributed by atoms with E-state index in [-0.39, 0.29) is 12.4 Å². The third kappa shape index (κ3) is 4.67. The molecule has 1 N–H and O–H groups in total. The fourth-order valence-corrected chi connectivity index (χ4v) is 4.18. The molecule has 0 unspecified atom stereocenters. The molecule has 5 rings (SSSR count). The van der Waals surface area contributed by atoms with Crippen molar-refractivity contribution in [1.82, 2.24) is 25.0 Å². The molecule has 0 bridgehead atoms. The van der Waals surface area contributed by atoms with Crippen LogP contribution in [0.1, 0.15) is 24.6 Å². The van der Waals surface area contributed by atoms with Gasteiger partial charge in [0.25, 0.3) is 0 Å². The number of nitrogens with zero attached hydrogens (tertiary/aromatic N) is 5. The molecule has 0 radical (unpaired) electrons. The molecule has 10 heteroatoms. The summed E-state index contributed by atoms with van der Waals surface area (Å²) in [6.07, 6.45) is -1.01. The van der Waals surface area contributed by atoms with E-state index in [0.717, 1.165) is 33.8 Å². The third-order valence-electron chi connectivity index (χ3n) is 6.27. The first kappa shape index (κ1) is 24.5. The van der Waals surface area contributed by atoms with Crippen molar-refractivity contribution in [2.75, 3.05) is 0 Å². The number of rotatable bonds is 6. The van der Waals surface area contributed by atoms with Crippen molar-refractivity contribution >= 4 is 10.9 Å². The smallest absolute Gasteiger partial charge is 0.375 e. The Bertz CT molecular complexity index is 1550. The van der Waals surface area contributed by atoms with Gasteiger partial charge in [-0.15, -0.1) is 5.10 Å². The molecular formula is C27H21F4N5O. The Morgan fingerprint density at radius 1 is 0.973 bits per heavy atom. The van der Waals surface area contributed by atoms with Crippen molar-refractivity contribution in [3.63, 3.8) is 0 Å². The highest BCUT2D eigenvalue weighted by Gasteiger charge is 2.55. The number of alkyl halides is 3. The Morgan fingerprint density at radius 2 is 1.76 bits per heavy atom. The molecule has 1 atom stereocenters. The van der Waals surface area contributed by atoms with E-state index in [4.69, 9.17) is 4.98 Å². The highest BCUT2D eigenvalue weighted by Crippen LogP contribution is 2.40. The minimum atomic E-state index is -4.88. The second-order valence-corrected chi connectivity index (χ2v) is 8.67. The van der Waals surface area contributed by atoms with Gasteiger partial charge in [0.2, 0.25) is 5.60 Å². The quantitative estimate of drug-likeness (QED) is 0.290. The maximum absolute atomic E-state index is 13.6. The molecule has 3 heterocycles. The van der Waals surface area contributed by atoms with Gasteiger partial charge in [0.1, 0.15) is 11.5 Å². The molecule has 0 aliphatic carbocycles. The average molecular weight is 507 g/mol. The average Bonchev–Trinajstić information content (AvgIpc) is 3.36. The number of halogens is 4. The van der Waals surface area contributed by atoms with Crippen molar-refractivity contribution in [3.05, 3.63) is 96.3 Å². The Kier molecular flexibility index (Phi) is 6.20. The van der Waals surface area contributed by atoms with Crippen molar-refractivity contribution < 1.29 is 22.7 Å². The van der Waals surface area contributed by atoms with Crippen molar-refractivity contribution in [2.24, 2.45) is 0 Å². The fraction of sp³-hybridized carbons (Fsp3) is 0.185. The Labute approximate surface area is 209 Å². The maximum Gasteiger partial charge on any atom is 0.423 e. The van der Waals surface area contributed by atoms with Crippen LogP contribution in [-0.4, -0.2) is 36.2 Å². The van der Waals surface area contributed by atoms with Gasteiger partial charge in [0.15, 0.2) is 0 Å². The van der Waals surface area contributed by atoms with Crippen molar-refractivity contribution in [1.29, 1.82) is 0 Å². The van der Waals surface area contributed by atoms with Crippen LogP contribution in [0.3, 0.4) is 0 Å². The second-order valence-electron chi connectivity index (χ2n) is 8.67. The van der Waals surface area contributed by atoms with Crippen LogP contribution in [0.4, 0.5) is 17.6 Å². The standard InChI is InChI=1S/C27H21F4N5O/c1-2-26(37,27(29,30)31)25-16-36(35-34-25)15-17-5-10-21-22(18-6-8-20(28)9-7-18)13-23(33-24(21)12-17)19-4-3-11-32-14-19/h3-14,16,37H,2,15H2,1H3/t26-/m0/s1. The third-order valence-corrected chi connectivity index (χ3v) is 6.27. The van der Waals surface area contributed by atoms with Gasteiger partial charge in [-0.3, -0.25) is 4.98 Å². The van der Waals surface area contributed by atoms with Crippen LogP contribution in [0, 0.1) is 5.82 Å². The molecule has 0 amide bonds. The summed E-state index contributed by atoms with van der Waals surface area (Å²) in [6, 6.07) is 17.3. The lowest BCUT2D eigenvalue weighted by Crippen LogP contribution is -2.42. The molecule has 37 heavy (non-hydrogen) atoms. The lowest BCUT2D eigenvalue weighted by atomic mass is 9.96. The van der Waals surface area contributed by atoms with E-state index in [1.807, 2.05) is 30.3 Å². The van der Waals surface area contributed by atoms with Gasteiger partial charge in [-0.25, -0.2) is 14.1 Å². The topological polar surface area (TPSA) is 76.7 Å². The van der Waals surface area contributed by atoms with Gasteiger partial charge in [-0.1, -0.05) is 36.4 Å². The molecule has 0 fully saturated rings. The molecular weight excluding hydrogens is 486 g/mol. The fourth-order valence-electron chi connectivity index (χ4n) is 4.18. The second kappa shape index (κ2) is 9.36. The van der Waals surface area contributed by atoms with E-state index in [2.05, 4.69) is 15.3 Å². The Balaban J connectivity index is 1.56. The number of benzene rings is 2. The Hall–Kier alpha value is -4.18. The largest absolute Gasteiger partial charge is 0.423 e. The minimum Gasteiger partial charge on any atom is -0.375 e. The van der Waals surface area contributed by atoms with Gasteiger partial charge in [-0.05, 0) is 59.5 Å². The molecule has 188 valence electrons. The van der Waals surface area contributed by atoms with Crippen molar-refractivity contribution in [2.45, 2.75) is 31.7 Å². The van der Waals surface area contributed by atoms with E-state index in [1.54, 1.807) is 30.6 Å². The summed E-state index contributed by atoms with van der Waals surface area (Å²) < 4.78 is 55.1.